The lowest BCUT2D eigenvalue weighted by atomic mass is 10.2. The molecule has 6 heteroatoms. The number of hydrogen-bond donors (Lipinski definition) is 1. The van der Waals surface area contributed by atoms with E-state index in [0.29, 0.717) is 17.3 Å². The van der Waals surface area contributed by atoms with Crippen molar-refractivity contribution in [2.24, 2.45) is 0 Å². The Kier molecular flexibility index (Phi) is 6.04. The summed E-state index contributed by atoms with van der Waals surface area (Å²) in [6.45, 7) is 4.04. The third-order valence-corrected chi connectivity index (χ3v) is 3.63. The number of anilines is 1. The second kappa shape index (κ2) is 8.02. The van der Waals surface area contributed by atoms with E-state index >= 15 is 0 Å². The van der Waals surface area contributed by atoms with Gasteiger partial charge in [0.15, 0.2) is 0 Å². The molecule has 0 heterocycles. The molecule has 4 nitrogen and oxygen atoms in total. The van der Waals surface area contributed by atoms with Crippen LogP contribution in [0, 0.1) is 5.82 Å². The van der Waals surface area contributed by atoms with E-state index in [1.807, 2.05) is 32.0 Å². The quantitative estimate of drug-likeness (QED) is 0.830. The predicted octanol–water partition coefficient (Wildman–Crippen LogP) is 4.93. The molecule has 2 amide bonds. The first-order valence-corrected chi connectivity index (χ1v) is 7.96. The Morgan fingerprint density at radius 3 is 2.62 bits per heavy atom. The van der Waals surface area contributed by atoms with Gasteiger partial charge in [0.25, 0.3) is 0 Å². The number of amides is 2. The minimum absolute atomic E-state index is 0.0494. The average molecular weight is 351 g/mol. The highest BCUT2D eigenvalue weighted by atomic mass is 35.5. The van der Waals surface area contributed by atoms with E-state index in [1.54, 1.807) is 19.2 Å². The summed E-state index contributed by atoms with van der Waals surface area (Å²) in [5.74, 6) is -0.127. The summed E-state index contributed by atoms with van der Waals surface area (Å²) in [5.41, 5.74) is 0.917. The van der Waals surface area contributed by atoms with Crippen molar-refractivity contribution in [3.63, 3.8) is 0 Å². The van der Waals surface area contributed by atoms with Crippen LogP contribution in [0.2, 0.25) is 5.02 Å². The maximum atomic E-state index is 14.1. The first-order chi connectivity index (χ1) is 11.4. The van der Waals surface area contributed by atoms with E-state index in [9.17, 15) is 9.18 Å². The van der Waals surface area contributed by atoms with Gasteiger partial charge in [0.1, 0.15) is 11.6 Å². The Morgan fingerprint density at radius 1 is 1.29 bits per heavy atom. The van der Waals surface area contributed by atoms with Gasteiger partial charge >= 0.3 is 6.03 Å². The topological polar surface area (TPSA) is 41.6 Å². The minimum Gasteiger partial charge on any atom is -0.491 e. The Balaban J connectivity index is 2.02. The van der Waals surface area contributed by atoms with Gasteiger partial charge in [-0.3, -0.25) is 0 Å². The number of rotatable bonds is 5. The smallest absolute Gasteiger partial charge is 0.321 e. The summed E-state index contributed by atoms with van der Waals surface area (Å²) in [5, 5.41) is 3.13. The van der Waals surface area contributed by atoms with Gasteiger partial charge in [-0.2, -0.15) is 0 Å². The molecule has 0 unspecified atom stereocenters. The molecule has 2 rings (SSSR count). The molecule has 1 N–H and O–H groups in total. The van der Waals surface area contributed by atoms with Gasteiger partial charge < -0.3 is 15.0 Å². The van der Waals surface area contributed by atoms with Crippen LogP contribution in [0.4, 0.5) is 14.9 Å². The molecular formula is C18H20ClFN2O2. The number of ether oxygens (including phenoxy) is 1. The van der Waals surface area contributed by atoms with Crippen LogP contribution in [0.25, 0.3) is 0 Å². The Labute approximate surface area is 146 Å². The summed E-state index contributed by atoms with van der Waals surface area (Å²) in [6, 6.07) is 11.2. The summed E-state index contributed by atoms with van der Waals surface area (Å²) in [6.07, 6.45) is -0.0494. The maximum absolute atomic E-state index is 14.1. The van der Waals surface area contributed by atoms with Crippen molar-refractivity contribution in [3.8, 4) is 5.75 Å². The van der Waals surface area contributed by atoms with Gasteiger partial charge in [-0.25, -0.2) is 9.18 Å². The van der Waals surface area contributed by atoms with Crippen LogP contribution in [0.5, 0.6) is 5.75 Å². The lowest BCUT2D eigenvalue weighted by molar-refractivity contribution is 0.220. The summed E-state index contributed by atoms with van der Waals surface area (Å²) in [7, 11) is 1.62. The molecule has 0 fully saturated rings. The zero-order valence-electron chi connectivity index (χ0n) is 13.8. The normalized spacial score (nSPS) is 10.6. The number of nitrogens with zero attached hydrogens (tertiary/aromatic N) is 1. The highest BCUT2D eigenvalue weighted by Gasteiger charge is 2.14. The first kappa shape index (κ1) is 18.1. The molecule has 128 valence electrons. The fourth-order valence-electron chi connectivity index (χ4n) is 2.11. The highest BCUT2D eigenvalue weighted by Crippen LogP contribution is 2.22. The summed E-state index contributed by atoms with van der Waals surface area (Å²) in [4.78, 5) is 13.6. The molecule has 2 aromatic rings. The lowest BCUT2D eigenvalue weighted by Gasteiger charge is -2.19. The van der Waals surface area contributed by atoms with Crippen molar-refractivity contribution >= 4 is 23.3 Å². The number of hydrogen-bond acceptors (Lipinski definition) is 2. The van der Waals surface area contributed by atoms with Crippen LogP contribution in [-0.2, 0) is 6.54 Å². The predicted molar refractivity (Wildman–Crippen MR) is 94.1 cm³/mol. The van der Waals surface area contributed by atoms with Crippen LogP contribution >= 0.6 is 11.6 Å². The number of carbonyl (C=O) groups is 1. The maximum Gasteiger partial charge on any atom is 0.321 e. The minimum atomic E-state index is -0.548. The van der Waals surface area contributed by atoms with E-state index in [0.717, 1.165) is 5.56 Å². The molecule has 2 aromatic carbocycles. The van der Waals surface area contributed by atoms with E-state index in [1.165, 1.54) is 17.0 Å². The fraction of sp³-hybridized carbons (Fsp3) is 0.278. The molecule has 0 bridgehead atoms. The molecular weight excluding hydrogens is 331 g/mol. The van der Waals surface area contributed by atoms with Crippen molar-refractivity contribution < 1.29 is 13.9 Å². The first-order valence-electron chi connectivity index (χ1n) is 7.58. The van der Waals surface area contributed by atoms with E-state index < -0.39 is 11.8 Å². The average Bonchev–Trinajstić information content (AvgIpc) is 2.51. The van der Waals surface area contributed by atoms with Gasteiger partial charge in [0, 0.05) is 24.7 Å². The Morgan fingerprint density at radius 2 is 2.00 bits per heavy atom. The molecule has 0 spiro atoms. The van der Waals surface area contributed by atoms with E-state index in [4.69, 9.17) is 16.3 Å². The molecule has 0 saturated heterocycles. The van der Waals surface area contributed by atoms with Crippen molar-refractivity contribution in [2.45, 2.75) is 26.5 Å². The van der Waals surface area contributed by atoms with E-state index in [2.05, 4.69) is 5.32 Å². The third kappa shape index (κ3) is 4.86. The molecule has 0 saturated carbocycles. The van der Waals surface area contributed by atoms with Gasteiger partial charge in [-0.15, -0.1) is 0 Å². The molecule has 0 aromatic heterocycles. The van der Waals surface area contributed by atoms with Gasteiger partial charge in [-0.1, -0.05) is 29.8 Å². The third-order valence-electron chi connectivity index (χ3n) is 3.27. The SMILES string of the molecule is CC(C)Oc1ccc(NC(=O)N(C)Cc2ccccc2Cl)c(F)c1. The molecule has 0 aliphatic heterocycles. The van der Waals surface area contributed by atoms with Gasteiger partial charge in [-0.05, 0) is 37.6 Å². The molecule has 24 heavy (non-hydrogen) atoms. The number of urea groups is 1. The fourth-order valence-corrected chi connectivity index (χ4v) is 2.30. The van der Waals surface area contributed by atoms with Gasteiger partial charge in [0.05, 0.1) is 11.8 Å². The molecule has 0 radical (unpaired) electrons. The van der Waals surface area contributed by atoms with Crippen LogP contribution in [0.3, 0.4) is 0 Å². The zero-order valence-corrected chi connectivity index (χ0v) is 14.6. The highest BCUT2D eigenvalue weighted by molar-refractivity contribution is 6.31. The standard InChI is InChI=1S/C18H20ClFN2O2/c1-12(2)24-14-8-9-17(16(20)10-14)21-18(23)22(3)11-13-6-4-5-7-15(13)19/h4-10,12H,11H2,1-3H3,(H,21,23). The summed E-state index contributed by atoms with van der Waals surface area (Å²) >= 11 is 6.09. The van der Waals surface area contributed by atoms with E-state index in [-0.39, 0.29) is 11.8 Å². The number of carbonyl (C=O) groups excluding carboxylic acids is 1. The number of nitrogens with one attached hydrogen (secondary N) is 1. The lowest BCUT2D eigenvalue weighted by Crippen LogP contribution is -2.31. The molecule has 0 aliphatic carbocycles. The Bertz CT molecular complexity index is 722. The zero-order chi connectivity index (χ0) is 17.7. The number of benzene rings is 2. The second-order valence-electron chi connectivity index (χ2n) is 5.69. The van der Waals surface area contributed by atoms with Crippen molar-refractivity contribution in [1.29, 1.82) is 0 Å². The van der Waals surface area contributed by atoms with Crippen molar-refractivity contribution in [3.05, 3.63) is 58.9 Å². The van der Waals surface area contributed by atoms with Gasteiger partial charge in [0.2, 0.25) is 0 Å². The summed E-state index contributed by atoms with van der Waals surface area (Å²) < 4.78 is 19.5. The largest absolute Gasteiger partial charge is 0.491 e. The van der Waals surface area contributed by atoms with Crippen LogP contribution < -0.4 is 10.1 Å². The van der Waals surface area contributed by atoms with Crippen molar-refractivity contribution in [1.82, 2.24) is 4.90 Å². The molecule has 0 aliphatic rings. The Hall–Kier alpha value is -2.27. The van der Waals surface area contributed by atoms with Crippen molar-refractivity contribution in [2.75, 3.05) is 12.4 Å². The monoisotopic (exact) mass is 350 g/mol. The second-order valence-corrected chi connectivity index (χ2v) is 6.09. The van der Waals surface area contributed by atoms with Crippen LogP contribution in [0.15, 0.2) is 42.5 Å². The molecule has 0 atom stereocenters. The number of halogens is 2. The van der Waals surface area contributed by atoms with Crippen LogP contribution in [-0.4, -0.2) is 24.1 Å². The van der Waals surface area contributed by atoms with Crippen LogP contribution in [0.1, 0.15) is 19.4 Å².